The molecule has 0 saturated carbocycles. The van der Waals surface area contributed by atoms with Crippen LogP contribution in [0.4, 0.5) is 5.82 Å². The summed E-state index contributed by atoms with van der Waals surface area (Å²) in [4.78, 5) is 18.7. The van der Waals surface area contributed by atoms with Crippen molar-refractivity contribution in [3.63, 3.8) is 0 Å². The van der Waals surface area contributed by atoms with Crippen LogP contribution in [0.25, 0.3) is 0 Å². The number of carbonyl (C=O) groups is 1. The fourth-order valence-electron chi connectivity index (χ4n) is 1.40. The highest BCUT2D eigenvalue weighted by Gasteiger charge is 2.05. The minimum atomic E-state index is -1.05. The Morgan fingerprint density at radius 3 is 2.94 bits per heavy atom. The predicted molar refractivity (Wildman–Crippen MR) is 62.4 cm³/mol. The molecule has 7 heteroatoms. The molecule has 2 rings (SSSR count). The van der Waals surface area contributed by atoms with E-state index in [0.717, 1.165) is 0 Å². The van der Waals surface area contributed by atoms with E-state index >= 15 is 0 Å². The Hall–Kier alpha value is -2.44. The molecule has 18 heavy (non-hydrogen) atoms. The van der Waals surface area contributed by atoms with Crippen LogP contribution in [0.2, 0.25) is 0 Å². The number of hydrogen-bond donors (Lipinski definition) is 2. The lowest BCUT2D eigenvalue weighted by molar-refractivity contribution is 0.0690. The van der Waals surface area contributed by atoms with E-state index in [4.69, 9.17) is 9.63 Å². The molecule has 0 aromatic carbocycles. The maximum Gasteiger partial charge on any atom is 0.354 e. The molecule has 0 fully saturated rings. The van der Waals surface area contributed by atoms with Gasteiger partial charge in [0.1, 0.15) is 5.82 Å². The van der Waals surface area contributed by atoms with Gasteiger partial charge in [-0.2, -0.15) is 4.98 Å². The second-order valence-electron chi connectivity index (χ2n) is 3.62. The molecule has 2 aromatic rings. The van der Waals surface area contributed by atoms with Gasteiger partial charge in [0.05, 0.1) is 0 Å². The number of hydrogen-bond acceptors (Lipinski definition) is 6. The van der Waals surface area contributed by atoms with E-state index in [1.54, 1.807) is 19.1 Å². The molecule has 0 atom stereocenters. The maximum absolute atomic E-state index is 10.7. The number of aryl methyl sites for hydroxylation is 1. The molecule has 0 radical (unpaired) electrons. The van der Waals surface area contributed by atoms with E-state index in [-0.39, 0.29) is 5.69 Å². The van der Waals surface area contributed by atoms with Crippen molar-refractivity contribution >= 4 is 11.8 Å². The summed E-state index contributed by atoms with van der Waals surface area (Å²) in [6, 6.07) is 4.78. The molecule has 0 saturated heterocycles. The van der Waals surface area contributed by atoms with E-state index in [1.807, 2.05) is 0 Å². The first-order chi connectivity index (χ1) is 8.65. The van der Waals surface area contributed by atoms with E-state index in [2.05, 4.69) is 20.4 Å². The molecule has 0 amide bonds. The second-order valence-corrected chi connectivity index (χ2v) is 3.62. The quantitative estimate of drug-likeness (QED) is 0.817. The fraction of sp³-hybridized carbons (Fsp3) is 0.273. The van der Waals surface area contributed by atoms with Crippen molar-refractivity contribution in [1.29, 1.82) is 0 Å². The van der Waals surface area contributed by atoms with Crippen molar-refractivity contribution in [2.75, 3.05) is 11.9 Å². The van der Waals surface area contributed by atoms with Crippen LogP contribution in [0.3, 0.4) is 0 Å². The highest BCUT2D eigenvalue weighted by molar-refractivity contribution is 5.85. The van der Waals surface area contributed by atoms with Crippen LogP contribution in [-0.4, -0.2) is 32.7 Å². The maximum atomic E-state index is 10.7. The molecular formula is C11H12N4O3. The number of rotatable bonds is 5. The van der Waals surface area contributed by atoms with Gasteiger partial charge in [-0.15, -0.1) is 0 Å². The minimum absolute atomic E-state index is 0.00963. The minimum Gasteiger partial charge on any atom is -0.477 e. The molecule has 0 aliphatic heterocycles. The van der Waals surface area contributed by atoms with Crippen LogP contribution in [-0.2, 0) is 6.42 Å². The number of nitrogens with one attached hydrogen (secondary N) is 1. The molecule has 0 aliphatic carbocycles. The Labute approximate surface area is 103 Å². The molecule has 7 nitrogen and oxygen atoms in total. The first kappa shape index (κ1) is 12.0. The Kier molecular flexibility index (Phi) is 3.52. The Balaban J connectivity index is 1.90. The zero-order valence-electron chi connectivity index (χ0n) is 9.75. The van der Waals surface area contributed by atoms with Crippen molar-refractivity contribution in [3.05, 3.63) is 35.6 Å². The Morgan fingerprint density at radius 2 is 2.28 bits per heavy atom. The molecule has 0 aliphatic rings. The number of pyridine rings is 1. The van der Waals surface area contributed by atoms with E-state index in [0.29, 0.717) is 30.5 Å². The van der Waals surface area contributed by atoms with Gasteiger partial charge >= 0.3 is 5.97 Å². The fourth-order valence-corrected chi connectivity index (χ4v) is 1.40. The third kappa shape index (κ3) is 3.03. The zero-order chi connectivity index (χ0) is 13.0. The molecule has 94 valence electrons. The number of carboxylic acid groups (broad SMARTS) is 1. The Morgan fingerprint density at radius 1 is 1.44 bits per heavy atom. The van der Waals surface area contributed by atoms with Gasteiger partial charge in [-0.3, -0.25) is 0 Å². The summed E-state index contributed by atoms with van der Waals surface area (Å²) >= 11 is 0. The van der Waals surface area contributed by atoms with Crippen molar-refractivity contribution in [1.82, 2.24) is 15.1 Å². The first-order valence-electron chi connectivity index (χ1n) is 5.38. The third-order valence-corrected chi connectivity index (χ3v) is 2.19. The first-order valence-corrected chi connectivity index (χ1v) is 5.38. The zero-order valence-corrected chi connectivity index (χ0v) is 9.75. The molecule has 2 N–H and O–H groups in total. The van der Waals surface area contributed by atoms with Gasteiger partial charge in [0.2, 0.25) is 5.89 Å². The van der Waals surface area contributed by atoms with Crippen LogP contribution < -0.4 is 5.32 Å². The van der Waals surface area contributed by atoms with Crippen molar-refractivity contribution in [2.24, 2.45) is 0 Å². The lowest BCUT2D eigenvalue weighted by Gasteiger charge is -2.04. The van der Waals surface area contributed by atoms with Crippen LogP contribution in [0, 0.1) is 6.92 Å². The molecule has 2 heterocycles. The lowest BCUT2D eigenvalue weighted by Crippen LogP contribution is -2.09. The van der Waals surface area contributed by atoms with Gasteiger partial charge in [0.25, 0.3) is 0 Å². The average Bonchev–Trinajstić information content (AvgIpc) is 2.75. The topological polar surface area (TPSA) is 101 Å². The summed E-state index contributed by atoms with van der Waals surface area (Å²) in [5.74, 6) is 0.591. The van der Waals surface area contributed by atoms with E-state index in [1.165, 1.54) is 6.07 Å². The van der Waals surface area contributed by atoms with Crippen molar-refractivity contribution < 1.29 is 14.4 Å². The van der Waals surface area contributed by atoms with Crippen LogP contribution in [0.1, 0.15) is 22.2 Å². The highest BCUT2D eigenvalue weighted by Crippen LogP contribution is 2.05. The smallest absolute Gasteiger partial charge is 0.354 e. The monoisotopic (exact) mass is 248 g/mol. The van der Waals surface area contributed by atoms with Crippen molar-refractivity contribution in [3.8, 4) is 0 Å². The summed E-state index contributed by atoms with van der Waals surface area (Å²) in [6.07, 6.45) is 0.580. The Bertz CT molecular complexity index is 553. The number of aromatic carboxylic acids is 1. The number of aromatic nitrogens is 3. The molecular weight excluding hydrogens is 236 g/mol. The van der Waals surface area contributed by atoms with Gasteiger partial charge < -0.3 is 14.9 Å². The standard InChI is InChI=1S/C11H12N4O3/c1-7-13-10(15-18-7)5-6-12-9-4-2-3-8(14-9)11(16)17/h2-4H,5-6H2,1H3,(H,12,14)(H,16,17). The summed E-state index contributed by atoms with van der Waals surface area (Å²) in [7, 11) is 0. The third-order valence-electron chi connectivity index (χ3n) is 2.19. The van der Waals surface area contributed by atoms with Crippen LogP contribution >= 0.6 is 0 Å². The SMILES string of the molecule is Cc1nc(CCNc2cccc(C(=O)O)n2)no1. The summed E-state index contributed by atoms with van der Waals surface area (Å²) in [5, 5.41) is 15.5. The van der Waals surface area contributed by atoms with E-state index in [9.17, 15) is 4.79 Å². The predicted octanol–water partition coefficient (Wildman–Crippen LogP) is 1.13. The summed E-state index contributed by atoms with van der Waals surface area (Å²) < 4.78 is 4.84. The molecule has 2 aromatic heterocycles. The lowest BCUT2D eigenvalue weighted by atomic mass is 10.3. The second kappa shape index (κ2) is 5.26. The average molecular weight is 248 g/mol. The van der Waals surface area contributed by atoms with Gasteiger partial charge in [0.15, 0.2) is 11.5 Å². The molecule has 0 spiro atoms. The van der Waals surface area contributed by atoms with Gasteiger partial charge in [-0.25, -0.2) is 9.78 Å². The van der Waals surface area contributed by atoms with E-state index < -0.39 is 5.97 Å². The van der Waals surface area contributed by atoms with Crippen molar-refractivity contribution in [2.45, 2.75) is 13.3 Å². The van der Waals surface area contributed by atoms with Gasteiger partial charge in [0, 0.05) is 19.9 Å². The van der Waals surface area contributed by atoms with Crippen LogP contribution in [0.5, 0.6) is 0 Å². The highest BCUT2D eigenvalue weighted by atomic mass is 16.5. The summed E-state index contributed by atoms with van der Waals surface area (Å²) in [6.45, 7) is 2.27. The number of anilines is 1. The normalized spacial score (nSPS) is 10.3. The largest absolute Gasteiger partial charge is 0.477 e. The summed E-state index contributed by atoms with van der Waals surface area (Å²) in [5.41, 5.74) is 0.00963. The van der Waals surface area contributed by atoms with Gasteiger partial charge in [-0.1, -0.05) is 11.2 Å². The number of nitrogens with zero attached hydrogens (tertiary/aromatic N) is 3. The van der Waals surface area contributed by atoms with Crippen LogP contribution in [0.15, 0.2) is 22.7 Å². The molecule has 0 bridgehead atoms. The van der Waals surface area contributed by atoms with Gasteiger partial charge in [-0.05, 0) is 12.1 Å². The molecule has 0 unspecified atom stereocenters. The number of carboxylic acids is 1.